The van der Waals surface area contributed by atoms with Crippen LogP contribution in [0.5, 0.6) is 5.75 Å². The summed E-state index contributed by atoms with van der Waals surface area (Å²) in [6.07, 6.45) is 0. The molecule has 134 valence electrons. The number of carbonyl (C=O) groups excluding carboxylic acids is 1. The van der Waals surface area contributed by atoms with E-state index in [1.807, 2.05) is 31.2 Å². The first-order valence-electron chi connectivity index (χ1n) is 8.16. The summed E-state index contributed by atoms with van der Waals surface area (Å²) in [6, 6.07) is 13.1. The maximum atomic E-state index is 13.5. The average molecular weight is 354 g/mol. The number of rotatable bonds is 5. The molecular weight excluding hydrogens is 335 g/mol. The first-order valence-corrected chi connectivity index (χ1v) is 8.16. The van der Waals surface area contributed by atoms with Crippen molar-refractivity contribution in [3.63, 3.8) is 0 Å². The van der Waals surface area contributed by atoms with Gasteiger partial charge in [0.15, 0.2) is 5.76 Å². The summed E-state index contributed by atoms with van der Waals surface area (Å²) >= 11 is 0. The van der Waals surface area contributed by atoms with Gasteiger partial charge in [0.2, 0.25) is 0 Å². The molecule has 0 saturated carbocycles. The molecule has 5 nitrogen and oxygen atoms in total. The van der Waals surface area contributed by atoms with Crippen molar-refractivity contribution in [2.24, 2.45) is 0 Å². The van der Waals surface area contributed by atoms with Crippen molar-refractivity contribution in [3.05, 3.63) is 71.2 Å². The lowest BCUT2D eigenvalue weighted by molar-refractivity contribution is 0.0939. The minimum Gasteiger partial charge on any atom is -0.497 e. The third-order valence-electron chi connectivity index (χ3n) is 4.14. The van der Waals surface area contributed by atoms with E-state index in [2.05, 4.69) is 10.5 Å². The van der Waals surface area contributed by atoms with Gasteiger partial charge >= 0.3 is 0 Å². The summed E-state index contributed by atoms with van der Waals surface area (Å²) in [7, 11) is 1.60. The van der Waals surface area contributed by atoms with Crippen molar-refractivity contribution in [3.8, 4) is 17.1 Å². The number of halogens is 1. The normalized spacial score (nSPS) is 11.8. The molecule has 3 aromatic rings. The Balaban J connectivity index is 1.84. The molecule has 0 fully saturated rings. The van der Waals surface area contributed by atoms with Gasteiger partial charge in [0, 0.05) is 5.56 Å². The first kappa shape index (κ1) is 17.7. The fraction of sp³-hybridized carbons (Fsp3) is 0.200. The van der Waals surface area contributed by atoms with Crippen LogP contribution in [0, 0.1) is 12.7 Å². The molecule has 1 N–H and O–H groups in total. The predicted octanol–water partition coefficient (Wildman–Crippen LogP) is 4.29. The van der Waals surface area contributed by atoms with Gasteiger partial charge in [0.05, 0.1) is 18.8 Å². The minimum atomic E-state index is -0.408. The van der Waals surface area contributed by atoms with Gasteiger partial charge in [-0.15, -0.1) is 0 Å². The van der Waals surface area contributed by atoms with E-state index in [0.717, 1.165) is 11.3 Å². The second-order valence-electron chi connectivity index (χ2n) is 5.95. The Bertz CT molecular complexity index is 919. The van der Waals surface area contributed by atoms with Crippen LogP contribution >= 0.6 is 0 Å². The Morgan fingerprint density at radius 3 is 2.62 bits per heavy atom. The van der Waals surface area contributed by atoms with Gasteiger partial charge in [-0.2, -0.15) is 0 Å². The van der Waals surface area contributed by atoms with Gasteiger partial charge in [0.1, 0.15) is 17.1 Å². The van der Waals surface area contributed by atoms with Crippen LogP contribution in [0.25, 0.3) is 11.3 Å². The molecule has 0 aliphatic heterocycles. The van der Waals surface area contributed by atoms with Crippen LogP contribution in [-0.2, 0) is 0 Å². The number of hydrogen-bond donors (Lipinski definition) is 1. The zero-order valence-electron chi connectivity index (χ0n) is 14.7. The standard InChI is InChI=1S/C20H19FN2O3/c1-12(14-7-9-17(25-3)10-8-14)22-20(24)18-13(2)23-26-19(18)15-5-4-6-16(21)11-15/h4-12H,1-3H3,(H,22,24)/t12-/m0/s1. The Morgan fingerprint density at radius 2 is 1.96 bits per heavy atom. The average Bonchev–Trinajstić information content (AvgIpc) is 3.03. The maximum absolute atomic E-state index is 13.5. The summed E-state index contributed by atoms with van der Waals surface area (Å²) in [5.74, 6) is 0.262. The second kappa shape index (κ2) is 7.39. The summed E-state index contributed by atoms with van der Waals surface area (Å²) in [6.45, 7) is 3.56. The highest BCUT2D eigenvalue weighted by Gasteiger charge is 2.23. The van der Waals surface area contributed by atoms with Crippen LogP contribution in [0.1, 0.15) is 34.6 Å². The molecule has 1 amide bonds. The Kier molecular flexibility index (Phi) is 5.02. The monoisotopic (exact) mass is 354 g/mol. The number of aryl methyl sites for hydroxylation is 1. The molecular formula is C20H19FN2O3. The molecule has 1 atom stereocenters. The summed E-state index contributed by atoms with van der Waals surface area (Å²) in [5.41, 5.74) is 2.15. The lowest BCUT2D eigenvalue weighted by Crippen LogP contribution is -2.27. The molecule has 2 aromatic carbocycles. The number of ether oxygens (including phenoxy) is 1. The third-order valence-corrected chi connectivity index (χ3v) is 4.14. The molecule has 1 aromatic heterocycles. The van der Waals surface area contributed by atoms with Gasteiger partial charge in [0.25, 0.3) is 5.91 Å². The highest BCUT2D eigenvalue weighted by molar-refractivity contribution is 6.00. The highest BCUT2D eigenvalue weighted by atomic mass is 19.1. The Hall–Kier alpha value is -3.15. The molecule has 0 bridgehead atoms. The lowest BCUT2D eigenvalue weighted by atomic mass is 10.0. The van der Waals surface area contributed by atoms with E-state index in [1.54, 1.807) is 26.2 Å². The zero-order chi connectivity index (χ0) is 18.7. The third kappa shape index (κ3) is 3.59. The number of benzene rings is 2. The molecule has 0 radical (unpaired) electrons. The second-order valence-corrected chi connectivity index (χ2v) is 5.95. The number of nitrogens with one attached hydrogen (secondary N) is 1. The molecule has 0 aliphatic rings. The van der Waals surface area contributed by atoms with Crippen LogP contribution in [0.4, 0.5) is 4.39 Å². The van der Waals surface area contributed by atoms with E-state index < -0.39 is 5.82 Å². The van der Waals surface area contributed by atoms with Crippen LogP contribution in [0.2, 0.25) is 0 Å². The largest absolute Gasteiger partial charge is 0.497 e. The summed E-state index contributed by atoms with van der Waals surface area (Å²) in [5, 5.41) is 6.80. The number of aromatic nitrogens is 1. The van der Waals surface area contributed by atoms with Crippen molar-refractivity contribution in [2.75, 3.05) is 7.11 Å². The predicted molar refractivity (Wildman–Crippen MR) is 95.5 cm³/mol. The topological polar surface area (TPSA) is 64.4 Å². The SMILES string of the molecule is COc1ccc([C@H](C)NC(=O)c2c(C)noc2-c2cccc(F)c2)cc1. The number of carbonyl (C=O) groups is 1. The Morgan fingerprint density at radius 1 is 1.23 bits per heavy atom. The number of amides is 1. The van der Waals surface area contributed by atoms with Crippen molar-refractivity contribution in [2.45, 2.75) is 19.9 Å². The quantitative estimate of drug-likeness (QED) is 0.742. The van der Waals surface area contributed by atoms with E-state index in [0.29, 0.717) is 16.8 Å². The van der Waals surface area contributed by atoms with Gasteiger partial charge in [-0.25, -0.2) is 4.39 Å². The van der Waals surface area contributed by atoms with E-state index >= 15 is 0 Å². The zero-order valence-corrected chi connectivity index (χ0v) is 14.7. The van der Waals surface area contributed by atoms with Crippen molar-refractivity contribution >= 4 is 5.91 Å². The van der Waals surface area contributed by atoms with E-state index in [4.69, 9.17) is 9.26 Å². The van der Waals surface area contributed by atoms with E-state index in [9.17, 15) is 9.18 Å². The summed E-state index contributed by atoms with van der Waals surface area (Å²) < 4.78 is 23.9. The van der Waals surface area contributed by atoms with Gasteiger partial charge in [-0.1, -0.05) is 29.4 Å². The molecule has 6 heteroatoms. The maximum Gasteiger partial charge on any atom is 0.257 e. The lowest BCUT2D eigenvalue weighted by Gasteiger charge is -2.15. The van der Waals surface area contributed by atoms with Gasteiger partial charge in [-0.3, -0.25) is 4.79 Å². The highest BCUT2D eigenvalue weighted by Crippen LogP contribution is 2.27. The molecule has 0 unspecified atom stereocenters. The Labute approximate surface area is 150 Å². The van der Waals surface area contributed by atoms with Crippen LogP contribution in [0.15, 0.2) is 53.1 Å². The van der Waals surface area contributed by atoms with Crippen LogP contribution in [0.3, 0.4) is 0 Å². The molecule has 3 rings (SSSR count). The minimum absolute atomic E-state index is 0.233. The van der Waals surface area contributed by atoms with Crippen LogP contribution in [-0.4, -0.2) is 18.2 Å². The number of hydrogen-bond acceptors (Lipinski definition) is 4. The van der Waals surface area contributed by atoms with E-state index in [1.165, 1.54) is 12.1 Å². The van der Waals surface area contributed by atoms with Crippen LogP contribution < -0.4 is 10.1 Å². The smallest absolute Gasteiger partial charge is 0.257 e. The molecule has 0 aliphatic carbocycles. The van der Waals surface area contributed by atoms with Gasteiger partial charge < -0.3 is 14.6 Å². The fourth-order valence-electron chi connectivity index (χ4n) is 2.71. The molecule has 26 heavy (non-hydrogen) atoms. The molecule has 1 heterocycles. The number of nitrogens with zero attached hydrogens (tertiary/aromatic N) is 1. The molecule has 0 saturated heterocycles. The molecule has 0 spiro atoms. The van der Waals surface area contributed by atoms with Crippen molar-refractivity contribution < 1.29 is 18.4 Å². The summed E-state index contributed by atoms with van der Waals surface area (Å²) in [4.78, 5) is 12.8. The first-order chi connectivity index (χ1) is 12.5. The number of methoxy groups -OCH3 is 1. The van der Waals surface area contributed by atoms with Gasteiger partial charge in [-0.05, 0) is 43.7 Å². The fourth-order valence-corrected chi connectivity index (χ4v) is 2.71. The van der Waals surface area contributed by atoms with Crippen molar-refractivity contribution in [1.29, 1.82) is 0 Å². The van der Waals surface area contributed by atoms with Crippen molar-refractivity contribution in [1.82, 2.24) is 10.5 Å². The van der Waals surface area contributed by atoms with E-state index in [-0.39, 0.29) is 17.7 Å².